The normalized spacial score (nSPS) is 29.5. The van der Waals surface area contributed by atoms with Crippen LogP contribution in [0.1, 0.15) is 223 Å². The van der Waals surface area contributed by atoms with Crippen molar-refractivity contribution in [1.29, 1.82) is 0 Å². The average molecular weight is 1390 g/mol. The molecule has 0 unspecified atom stereocenters. The standard InChI is InChI=1S/C89H136N4O8/c1-65-25-29-69-57-73-21-13-9-17-33-85(5,77(69)53-65)81(73)90-37-41-94-45-49-98-61-89(62-99-50-46-95-42-38-91-82-74-22-14-10-18-34-86(82,6)78-54-66(2)26-30-70(78)58-74,63-100-51-47-96-43-39-92-83-75-23-15-11-19-35-87(83,7)79-55-67(3)27-31-71(79)59-75)64-101-52-48-97-44-40-93-84-76-24-16-12-20-36-88(84,8)80-56-68(4)28-32-72(80)60-76/h25-32,53-56,73-76,81-84,90-93H,9-24,33-52,57-64H2,1-8H3/t73-,74-,75-,76-,81-,82-,83-,84-,85+,86+,87+,88+/m0/s1. The van der Waals surface area contributed by atoms with Gasteiger partial charge in [-0.15, -0.1) is 0 Å². The van der Waals surface area contributed by atoms with Gasteiger partial charge in [0, 0.05) is 72.0 Å². The van der Waals surface area contributed by atoms with E-state index in [0.717, 1.165) is 26.2 Å². The van der Waals surface area contributed by atoms with Crippen LogP contribution >= 0.6 is 0 Å². The number of fused-ring (bicyclic) bond motifs is 16. The van der Waals surface area contributed by atoms with Crippen LogP contribution in [0.2, 0.25) is 0 Å². The zero-order valence-electron chi connectivity index (χ0n) is 64.4. The quantitative estimate of drug-likeness (QED) is 0.0324. The minimum atomic E-state index is -0.605. The summed E-state index contributed by atoms with van der Waals surface area (Å²) in [6, 6.07) is 30.6. The van der Waals surface area contributed by atoms with Crippen molar-refractivity contribution in [3.63, 3.8) is 0 Å². The molecule has 560 valence electrons. The van der Waals surface area contributed by atoms with Gasteiger partial charge in [-0.1, -0.05) is 200 Å². The third-order valence-electron chi connectivity index (χ3n) is 26.7. The highest BCUT2D eigenvalue weighted by molar-refractivity contribution is 5.46. The Morgan fingerprint density at radius 2 is 0.525 bits per heavy atom. The van der Waals surface area contributed by atoms with Gasteiger partial charge in [0.1, 0.15) is 0 Å². The van der Waals surface area contributed by atoms with Crippen LogP contribution in [0, 0.1) is 56.8 Å². The van der Waals surface area contributed by atoms with E-state index >= 15 is 0 Å². The van der Waals surface area contributed by atoms with Crippen molar-refractivity contribution in [3.8, 4) is 0 Å². The summed E-state index contributed by atoms with van der Waals surface area (Å²) in [6.07, 6.45) is 30.5. The number of rotatable bonds is 36. The summed E-state index contributed by atoms with van der Waals surface area (Å²) < 4.78 is 52.5. The van der Waals surface area contributed by atoms with Crippen LogP contribution < -0.4 is 21.3 Å². The minimum Gasteiger partial charge on any atom is -0.378 e. The molecule has 12 atom stereocenters. The average Bonchev–Trinajstić information content (AvgIpc) is 0.769. The molecule has 0 saturated heterocycles. The third kappa shape index (κ3) is 19.0. The van der Waals surface area contributed by atoms with Crippen molar-refractivity contribution in [2.75, 3.05) is 132 Å². The Balaban J connectivity index is 0.665. The maximum atomic E-state index is 6.71. The number of benzene rings is 4. The number of hydrogen-bond donors (Lipinski definition) is 4. The second-order valence-electron chi connectivity index (χ2n) is 34.5. The van der Waals surface area contributed by atoms with Gasteiger partial charge in [-0.3, -0.25) is 0 Å². The van der Waals surface area contributed by atoms with Crippen molar-refractivity contribution >= 4 is 0 Å². The first-order chi connectivity index (χ1) is 49.2. The predicted octanol–water partition coefficient (Wildman–Crippen LogP) is 15.5. The fraction of sp³-hybridized carbons (Fsp3) is 0.730. The molecule has 0 amide bonds. The molecule has 12 heteroatoms. The largest absolute Gasteiger partial charge is 0.378 e. The molecular weight excluding hydrogens is 1250 g/mol. The highest BCUT2D eigenvalue weighted by atomic mass is 16.6. The number of aryl methyl sites for hydroxylation is 4. The van der Waals surface area contributed by atoms with Crippen LogP contribution in [0.15, 0.2) is 72.8 Å². The Hall–Kier alpha value is -3.60. The van der Waals surface area contributed by atoms with Gasteiger partial charge in [0.25, 0.3) is 0 Å². The van der Waals surface area contributed by atoms with Crippen molar-refractivity contribution in [2.45, 2.75) is 255 Å². The van der Waals surface area contributed by atoms with Crippen molar-refractivity contribution < 1.29 is 37.9 Å². The molecule has 0 heterocycles. The third-order valence-corrected chi connectivity index (χ3v) is 26.7. The SMILES string of the molecule is Cc1ccc2c(c1)[C@@]1(C)CCCCC[C@@H](C2)[C@@H]1NCCOCCOCC(COCCOCCN[C@H]1[C@H]2CCCCC[C@]1(C)c1cc(C)ccc1C2)(COCCOCCN[C@H]1[C@H]2CCCCC[C@]1(C)c1cc(C)ccc1C2)COCCOCCN[C@H]1[C@H]2CCCCC[C@]1(C)c1cc(C)ccc1C2. The molecule has 8 aliphatic carbocycles. The first-order valence-electron chi connectivity index (χ1n) is 41.1. The Labute approximate surface area is 611 Å². The van der Waals surface area contributed by atoms with E-state index in [0.29, 0.717) is 154 Å². The van der Waals surface area contributed by atoms with Gasteiger partial charge in [0.2, 0.25) is 0 Å². The summed E-state index contributed by atoms with van der Waals surface area (Å²) in [5.74, 6) is 2.57. The minimum absolute atomic E-state index is 0.121. The molecule has 4 N–H and O–H groups in total. The fourth-order valence-corrected chi connectivity index (χ4v) is 21.5. The maximum absolute atomic E-state index is 6.71. The highest BCUT2D eigenvalue weighted by Crippen LogP contribution is 2.51. The molecule has 8 bridgehead atoms. The van der Waals surface area contributed by atoms with Crippen LogP contribution in [-0.4, -0.2) is 156 Å². The molecule has 8 aliphatic rings. The van der Waals surface area contributed by atoms with Crippen LogP contribution in [0.4, 0.5) is 0 Å². The Kier molecular flexibility index (Phi) is 28.1. The molecule has 0 spiro atoms. The van der Waals surface area contributed by atoms with Gasteiger partial charge < -0.3 is 59.2 Å². The zero-order valence-corrected chi connectivity index (χ0v) is 64.4. The monoisotopic (exact) mass is 1390 g/mol. The van der Waals surface area contributed by atoms with Crippen LogP contribution in [0.25, 0.3) is 0 Å². The van der Waals surface area contributed by atoms with E-state index in [4.69, 9.17) is 37.9 Å². The number of hydrogen-bond acceptors (Lipinski definition) is 12. The van der Waals surface area contributed by atoms with Gasteiger partial charge in [-0.25, -0.2) is 0 Å². The topological polar surface area (TPSA) is 122 Å². The van der Waals surface area contributed by atoms with Crippen LogP contribution in [0.5, 0.6) is 0 Å². The Bertz CT molecular complexity index is 2790. The van der Waals surface area contributed by atoms with Gasteiger partial charge in [-0.05, 0) is 173 Å². The molecule has 101 heavy (non-hydrogen) atoms. The smallest absolute Gasteiger partial charge is 0.0701 e. The predicted molar refractivity (Wildman–Crippen MR) is 411 cm³/mol. The first-order valence-corrected chi connectivity index (χ1v) is 41.1. The van der Waals surface area contributed by atoms with Crippen LogP contribution in [-0.2, 0) is 85.2 Å². The zero-order chi connectivity index (χ0) is 70.1. The molecule has 12 nitrogen and oxygen atoms in total. The van der Waals surface area contributed by atoms with E-state index in [-0.39, 0.29) is 21.7 Å². The first kappa shape index (κ1) is 77.0. The van der Waals surface area contributed by atoms with E-state index in [1.165, 1.54) is 176 Å². The second kappa shape index (κ2) is 36.8. The summed E-state index contributed by atoms with van der Waals surface area (Å²) in [5.41, 5.74) is 17.9. The van der Waals surface area contributed by atoms with Crippen LogP contribution in [0.3, 0.4) is 0 Å². The summed E-state index contributed by atoms with van der Waals surface area (Å²) in [6.45, 7) is 30.5. The Morgan fingerprint density at radius 1 is 0.297 bits per heavy atom. The fourth-order valence-electron chi connectivity index (χ4n) is 21.5. The van der Waals surface area contributed by atoms with Gasteiger partial charge >= 0.3 is 0 Å². The lowest BCUT2D eigenvalue weighted by atomic mass is 9.59. The highest BCUT2D eigenvalue weighted by Gasteiger charge is 2.50. The molecule has 4 aromatic carbocycles. The van der Waals surface area contributed by atoms with E-state index in [1.54, 1.807) is 44.5 Å². The van der Waals surface area contributed by atoms with Crippen molar-refractivity contribution in [2.24, 2.45) is 29.1 Å². The summed E-state index contributed by atoms with van der Waals surface area (Å²) in [4.78, 5) is 0. The maximum Gasteiger partial charge on any atom is 0.0701 e. The van der Waals surface area contributed by atoms with Gasteiger partial charge in [0.05, 0.1) is 111 Å². The molecule has 4 fully saturated rings. The molecule has 12 rings (SSSR count). The lowest BCUT2D eigenvalue weighted by molar-refractivity contribution is -0.121. The van der Waals surface area contributed by atoms with Crippen molar-refractivity contribution in [3.05, 3.63) is 140 Å². The number of nitrogens with one attached hydrogen (secondary N) is 4. The molecule has 0 aliphatic heterocycles. The molecule has 0 aromatic heterocycles. The van der Waals surface area contributed by atoms with E-state index in [1.807, 2.05) is 0 Å². The molecule has 0 radical (unpaired) electrons. The lowest BCUT2D eigenvalue weighted by Crippen LogP contribution is -2.56. The lowest BCUT2D eigenvalue weighted by Gasteiger charge is -2.49. The second-order valence-corrected chi connectivity index (χ2v) is 34.5. The summed E-state index contributed by atoms with van der Waals surface area (Å²) in [5, 5.41) is 16.3. The molecule has 4 aromatic rings. The molecular formula is C89H136N4O8. The van der Waals surface area contributed by atoms with E-state index in [2.05, 4.69) is 149 Å². The van der Waals surface area contributed by atoms with Gasteiger partial charge in [-0.2, -0.15) is 0 Å². The number of ether oxygens (including phenoxy) is 8. The summed E-state index contributed by atoms with van der Waals surface area (Å²) >= 11 is 0. The summed E-state index contributed by atoms with van der Waals surface area (Å²) in [7, 11) is 0. The van der Waals surface area contributed by atoms with Crippen molar-refractivity contribution in [1.82, 2.24) is 21.3 Å². The molecule has 4 saturated carbocycles. The van der Waals surface area contributed by atoms with Gasteiger partial charge in [0.15, 0.2) is 0 Å². The van der Waals surface area contributed by atoms with E-state index in [9.17, 15) is 0 Å². The Morgan fingerprint density at radius 3 is 0.762 bits per heavy atom. The van der Waals surface area contributed by atoms with E-state index < -0.39 is 5.41 Å².